The Bertz CT molecular complexity index is 1070. The van der Waals surface area contributed by atoms with E-state index >= 15 is 0 Å². The van der Waals surface area contributed by atoms with Crippen LogP contribution in [-0.4, -0.2) is 33.8 Å². The number of hydrogen-bond donors (Lipinski definition) is 1. The highest BCUT2D eigenvalue weighted by Gasteiger charge is 2.56. The van der Waals surface area contributed by atoms with Crippen molar-refractivity contribution in [2.75, 3.05) is 0 Å². The molecule has 2 amide bonds. The van der Waals surface area contributed by atoms with Gasteiger partial charge in [-0.15, -0.1) is 0 Å². The maximum atomic E-state index is 14.6. The number of rotatable bonds is 5. The highest BCUT2D eigenvalue weighted by atomic mass is 35.5. The zero-order valence-corrected chi connectivity index (χ0v) is 17.7. The lowest BCUT2D eigenvalue weighted by molar-refractivity contribution is -0.126. The molecule has 1 N–H and O–H groups in total. The van der Waals surface area contributed by atoms with Crippen LogP contribution in [0.1, 0.15) is 53.3 Å². The third-order valence-electron chi connectivity index (χ3n) is 6.54. The van der Waals surface area contributed by atoms with Gasteiger partial charge in [-0.1, -0.05) is 11.6 Å². The van der Waals surface area contributed by atoms with Gasteiger partial charge in [0, 0.05) is 17.8 Å². The van der Waals surface area contributed by atoms with Gasteiger partial charge in [-0.25, -0.2) is 8.78 Å². The quantitative estimate of drug-likeness (QED) is 0.702. The monoisotopic (exact) mass is 445 g/mol. The number of carbonyl (C=O) groups is 2. The predicted octanol–water partition coefficient (Wildman–Crippen LogP) is 4.19. The van der Waals surface area contributed by atoms with Crippen molar-refractivity contribution < 1.29 is 18.4 Å². The first kappa shape index (κ1) is 20.4. The summed E-state index contributed by atoms with van der Waals surface area (Å²) in [5.74, 6) is -1.62. The molecule has 31 heavy (non-hydrogen) atoms. The largest absolute Gasteiger partial charge is 0.347 e. The second-order valence-corrected chi connectivity index (χ2v) is 9.26. The van der Waals surface area contributed by atoms with Crippen LogP contribution in [0.2, 0.25) is 5.02 Å². The molecule has 162 valence electrons. The van der Waals surface area contributed by atoms with E-state index in [0.29, 0.717) is 18.0 Å². The fourth-order valence-corrected chi connectivity index (χ4v) is 4.82. The fourth-order valence-electron chi connectivity index (χ4n) is 4.67. The number of pyridine rings is 1. The third kappa shape index (κ3) is 3.80. The van der Waals surface area contributed by atoms with Crippen molar-refractivity contribution in [3.63, 3.8) is 0 Å². The number of piperidine rings is 1. The smallest absolute Gasteiger partial charge is 0.273 e. The number of hydrogen-bond acceptors (Lipinski definition) is 3. The number of benzene rings is 1. The van der Waals surface area contributed by atoms with Gasteiger partial charge in [0.25, 0.3) is 5.91 Å². The number of aromatic nitrogens is 1. The normalized spacial score (nSPS) is 25.2. The number of nitrogens with zero attached hydrogens (tertiary/aromatic N) is 2. The molecule has 3 fully saturated rings. The first-order chi connectivity index (χ1) is 14.8. The van der Waals surface area contributed by atoms with Crippen molar-refractivity contribution in [2.45, 2.75) is 50.7 Å². The second kappa shape index (κ2) is 7.55. The van der Waals surface area contributed by atoms with Crippen molar-refractivity contribution in [2.24, 2.45) is 11.8 Å². The number of nitrogens with one attached hydrogen (secondary N) is 1. The molecule has 2 heterocycles. The molecule has 1 aliphatic heterocycles. The summed E-state index contributed by atoms with van der Waals surface area (Å²) in [4.78, 5) is 32.2. The van der Waals surface area contributed by atoms with Crippen LogP contribution in [0.3, 0.4) is 0 Å². The lowest BCUT2D eigenvalue weighted by Gasteiger charge is -2.29. The van der Waals surface area contributed by atoms with Crippen LogP contribution in [0.4, 0.5) is 8.78 Å². The SMILES string of the molecule is Cc1ccnc(C(=O)N2[C@@H](C(=O)N[C@@H](c3cc(F)c(Cl)cc3F)C3CC3)C[C@H]3C[C@H]32)c1. The van der Waals surface area contributed by atoms with E-state index in [-0.39, 0.29) is 34.4 Å². The Kier molecular flexibility index (Phi) is 4.96. The molecule has 2 aromatic rings. The van der Waals surface area contributed by atoms with E-state index in [1.54, 1.807) is 17.2 Å². The molecule has 5 nitrogen and oxygen atoms in total. The summed E-state index contributed by atoms with van der Waals surface area (Å²) in [5, 5.41) is 2.62. The Morgan fingerprint density at radius 2 is 1.97 bits per heavy atom. The highest BCUT2D eigenvalue weighted by Crippen LogP contribution is 2.49. The Morgan fingerprint density at radius 3 is 2.68 bits per heavy atom. The fraction of sp³-hybridized carbons (Fsp3) is 0.435. The van der Waals surface area contributed by atoms with Gasteiger partial charge in [0.15, 0.2) is 0 Å². The summed E-state index contributed by atoms with van der Waals surface area (Å²) < 4.78 is 28.6. The van der Waals surface area contributed by atoms with Gasteiger partial charge in [-0.3, -0.25) is 14.6 Å². The maximum Gasteiger partial charge on any atom is 0.273 e. The van der Waals surface area contributed by atoms with Crippen LogP contribution in [0.15, 0.2) is 30.5 Å². The molecule has 2 saturated carbocycles. The minimum absolute atomic E-state index is 0.0367. The van der Waals surface area contributed by atoms with E-state index in [1.807, 2.05) is 13.0 Å². The van der Waals surface area contributed by atoms with Crippen LogP contribution in [0, 0.1) is 30.4 Å². The molecular weight excluding hydrogens is 424 g/mol. The van der Waals surface area contributed by atoms with Crippen LogP contribution < -0.4 is 5.32 Å². The lowest BCUT2D eigenvalue weighted by atomic mass is 10.00. The van der Waals surface area contributed by atoms with Gasteiger partial charge in [0.1, 0.15) is 23.4 Å². The summed E-state index contributed by atoms with van der Waals surface area (Å²) in [6, 6.07) is 4.28. The summed E-state index contributed by atoms with van der Waals surface area (Å²) in [5.41, 5.74) is 1.33. The van der Waals surface area contributed by atoms with Crippen molar-refractivity contribution in [3.05, 3.63) is 63.9 Å². The van der Waals surface area contributed by atoms with Crippen molar-refractivity contribution in [1.29, 1.82) is 0 Å². The number of amides is 2. The minimum Gasteiger partial charge on any atom is -0.347 e. The number of carbonyl (C=O) groups excluding carboxylic acids is 2. The minimum atomic E-state index is -0.720. The zero-order valence-electron chi connectivity index (χ0n) is 16.9. The average molecular weight is 446 g/mol. The molecule has 0 unspecified atom stereocenters. The first-order valence-electron chi connectivity index (χ1n) is 10.5. The Hall–Kier alpha value is -2.54. The summed E-state index contributed by atoms with van der Waals surface area (Å²) in [6.45, 7) is 1.88. The van der Waals surface area contributed by atoms with Gasteiger partial charge in [-0.05, 0) is 74.3 Å². The Balaban J connectivity index is 1.39. The van der Waals surface area contributed by atoms with Gasteiger partial charge in [0.05, 0.1) is 11.1 Å². The Labute approximate surface area is 183 Å². The molecule has 1 aromatic heterocycles. The second-order valence-electron chi connectivity index (χ2n) is 8.86. The predicted molar refractivity (Wildman–Crippen MR) is 110 cm³/mol. The standard InChI is InChI=1S/C23H22ClF2N3O2/c1-11-4-5-27-18(6-11)23(31)29-19-7-13(19)8-20(29)22(30)28-21(12-2-3-12)14-9-17(26)15(24)10-16(14)25/h4-6,9-10,12-13,19-21H,2-3,7-8H2,1H3,(H,28,30)/t13-,19-,20-,21-/m1/s1. The number of halogens is 3. The first-order valence-corrected chi connectivity index (χ1v) is 10.9. The van der Waals surface area contributed by atoms with E-state index in [0.717, 1.165) is 37.0 Å². The molecular formula is C23H22ClF2N3O2. The third-order valence-corrected chi connectivity index (χ3v) is 6.83. The molecule has 0 bridgehead atoms. The summed E-state index contributed by atoms with van der Waals surface area (Å²) >= 11 is 5.69. The van der Waals surface area contributed by atoms with E-state index in [9.17, 15) is 18.4 Å². The molecule has 8 heteroatoms. The number of fused-ring (bicyclic) bond motifs is 1. The van der Waals surface area contributed by atoms with Gasteiger partial charge >= 0.3 is 0 Å². The summed E-state index contributed by atoms with van der Waals surface area (Å²) in [6.07, 6.45) is 4.67. The molecule has 3 aliphatic rings. The average Bonchev–Trinajstić information content (AvgIpc) is 3.66. The van der Waals surface area contributed by atoms with Crippen LogP contribution in [0.25, 0.3) is 0 Å². The molecule has 5 rings (SSSR count). The molecule has 4 atom stereocenters. The van der Waals surface area contributed by atoms with Gasteiger partial charge in [0.2, 0.25) is 5.91 Å². The molecule has 1 aromatic carbocycles. The van der Waals surface area contributed by atoms with Crippen molar-refractivity contribution in [3.8, 4) is 0 Å². The highest BCUT2D eigenvalue weighted by molar-refractivity contribution is 6.30. The van der Waals surface area contributed by atoms with Gasteiger partial charge < -0.3 is 10.2 Å². The topological polar surface area (TPSA) is 62.3 Å². The van der Waals surface area contributed by atoms with Crippen molar-refractivity contribution in [1.82, 2.24) is 15.2 Å². The molecule has 2 aliphatic carbocycles. The van der Waals surface area contributed by atoms with Crippen LogP contribution in [0.5, 0.6) is 0 Å². The van der Waals surface area contributed by atoms with Crippen molar-refractivity contribution >= 4 is 23.4 Å². The van der Waals surface area contributed by atoms with E-state index in [1.165, 1.54) is 0 Å². The van der Waals surface area contributed by atoms with Gasteiger partial charge in [-0.2, -0.15) is 0 Å². The summed E-state index contributed by atoms with van der Waals surface area (Å²) in [7, 11) is 0. The van der Waals surface area contributed by atoms with E-state index in [4.69, 9.17) is 11.6 Å². The molecule has 0 radical (unpaired) electrons. The number of aryl methyl sites for hydroxylation is 1. The Morgan fingerprint density at radius 1 is 1.19 bits per heavy atom. The molecule has 1 saturated heterocycles. The van der Waals surface area contributed by atoms with E-state index in [2.05, 4.69) is 10.3 Å². The lowest BCUT2D eigenvalue weighted by Crippen LogP contribution is -2.49. The van der Waals surface area contributed by atoms with Crippen LogP contribution in [-0.2, 0) is 4.79 Å². The maximum absolute atomic E-state index is 14.6. The number of likely N-dealkylation sites (tertiary alicyclic amines) is 1. The zero-order chi connectivity index (χ0) is 21.9. The van der Waals surface area contributed by atoms with Crippen LogP contribution >= 0.6 is 11.6 Å². The molecule has 0 spiro atoms. The van der Waals surface area contributed by atoms with E-state index < -0.39 is 23.7 Å².